The number of phenols is 1. The topological polar surface area (TPSA) is 102 Å². The molecule has 0 spiro atoms. The maximum absolute atomic E-state index is 12.2. The van der Waals surface area contributed by atoms with Gasteiger partial charge in [0.15, 0.2) is 0 Å². The Balaban J connectivity index is 2.20. The summed E-state index contributed by atoms with van der Waals surface area (Å²) in [5.41, 5.74) is 1.75. The zero-order chi connectivity index (χ0) is 15.9. The van der Waals surface area contributed by atoms with Crippen molar-refractivity contribution >= 4 is 27.8 Å². The molecule has 3 rings (SSSR count). The second-order valence-corrected chi connectivity index (χ2v) is 5.57. The van der Waals surface area contributed by atoms with Gasteiger partial charge in [-0.2, -0.15) is 4.68 Å². The molecule has 0 unspecified atom stereocenters. The number of nitrogens with one attached hydrogen (secondary N) is 1. The van der Waals surface area contributed by atoms with Crippen LogP contribution in [0, 0.1) is 0 Å². The lowest BCUT2D eigenvalue weighted by Gasteiger charge is -2.27. The second kappa shape index (κ2) is 5.41. The van der Waals surface area contributed by atoms with Crippen molar-refractivity contribution in [2.75, 3.05) is 12.4 Å². The Bertz CT molecular complexity index is 786. The Morgan fingerprint density at radius 3 is 2.95 bits per heavy atom. The molecule has 2 aromatic rings. The molecule has 0 saturated heterocycles. The van der Waals surface area contributed by atoms with Gasteiger partial charge in [0.2, 0.25) is 5.95 Å². The SMILES string of the molecule is COC(=O)C1=C(C)Nc2nnnn2[C@@H]1c1ccc(O)c(Br)c1. The Hall–Kier alpha value is -2.42. The number of nitrogens with zero attached hydrogens (tertiary/aromatic N) is 4. The molecule has 8 nitrogen and oxygen atoms in total. The predicted octanol–water partition coefficient (Wildman–Crippen LogP) is 1.60. The summed E-state index contributed by atoms with van der Waals surface area (Å²) in [6.45, 7) is 1.76. The van der Waals surface area contributed by atoms with E-state index in [2.05, 4.69) is 36.8 Å². The van der Waals surface area contributed by atoms with Crippen molar-refractivity contribution in [3.05, 3.63) is 39.5 Å². The fraction of sp³-hybridized carbons (Fsp3) is 0.231. The molecule has 2 heterocycles. The quantitative estimate of drug-likeness (QED) is 0.779. The number of aromatic nitrogens is 4. The monoisotopic (exact) mass is 365 g/mol. The maximum atomic E-state index is 12.2. The van der Waals surface area contributed by atoms with E-state index in [1.165, 1.54) is 17.9 Å². The highest BCUT2D eigenvalue weighted by Crippen LogP contribution is 2.37. The van der Waals surface area contributed by atoms with E-state index < -0.39 is 12.0 Å². The first-order chi connectivity index (χ1) is 10.5. The lowest BCUT2D eigenvalue weighted by molar-refractivity contribution is -0.136. The van der Waals surface area contributed by atoms with Crippen LogP contribution in [0.2, 0.25) is 0 Å². The van der Waals surface area contributed by atoms with Crippen LogP contribution in [0.25, 0.3) is 0 Å². The van der Waals surface area contributed by atoms with Crippen molar-refractivity contribution in [2.24, 2.45) is 0 Å². The van der Waals surface area contributed by atoms with Crippen LogP contribution < -0.4 is 5.32 Å². The number of phenolic OH excluding ortho intramolecular Hbond substituents is 1. The number of rotatable bonds is 2. The molecule has 1 aliphatic rings. The minimum Gasteiger partial charge on any atom is -0.507 e. The smallest absolute Gasteiger partial charge is 0.338 e. The Morgan fingerprint density at radius 1 is 1.50 bits per heavy atom. The van der Waals surface area contributed by atoms with Gasteiger partial charge in [-0.05, 0) is 51.0 Å². The first-order valence-electron chi connectivity index (χ1n) is 6.35. The van der Waals surface area contributed by atoms with Gasteiger partial charge in [-0.15, -0.1) is 0 Å². The van der Waals surface area contributed by atoms with Crippen LogP contribution in [0.5, 0.6) is 5.75 Å². The van der Waals surface area contributed by atoms with Crippen LogP contribution in [-0.4, -0.2) is 38.4 Å². The summed E-state index contributed by atoms with van der Waals surface area (Å²) < 4.78 is 6.89. The fourth-order valence-corrected chi connectivity index (χ4v) is 2.78. The van der Waals surface area contributed by atoms with Crippen LogP contribution in [0.1, 0.15) is 18.5 Å². The molecule has 1 aliphatic heterocycles. The number of methoxy groups -OCH3 is 1. The van der Waals surface area contributed by atoms with Gasteiger partial charge < -0.3 is 15.2 Å². The van der Waals surface area contributed by atoms with Gasteiger partial charge in [-0.3, -0.25) is 0 Å². The summed E-state index contributed by atoms with van der Waals surface area (Å²) in [5, 5.41) is 24.1. The van der Waals surface area contributed by atoms with E-state index in [4.69, 9.17) is 4.74 Å². The van der Waals surface area contributed by atoms with Crippen LogP contribution in [0.15, 0.2) is 33.9 Å². The molecule has 1 aromatic heterocycles. The summed E-state index contributed by atoms with van der Waals surface area (Å²) in [5.74, 6) is 0.0645. The second-order valence-electron chi connectivity index (χ2n) is 4.72. The molecule has 9 heteroatoms. The zero-order valence-electron chi connectivity index (χ0n) is 11.7. The molecule has 1 aromatic carbocycles. The number of halogens is 1. The number of aromatic hydroxyl groups is 1. The third-order valence-corrected chi connectivity index (χ3v) is 4.04. The van der Waals surface area contributed by atoms with Crippen LogP contribution in [-0.2, 0) is 9.53 Å². The molecule has 0 fully saturated rings. The number of hydrogen-bond donors (Lipinski definition) is 2. The molecular weight excluding hydrogens is 354 g/mol. The lowest BCUT2D eigenvalue weighted by Crippen LogP contribution is -2.29. The van der Waals surface area contributed by atoms with E-state index in [-0.39, 0.29) is 5.75 Å². The van der Waals surface area contributed by atoms with Crippen molar-refractivity contribution in [1.29, 1.82) is 0 Å². The number of ether oxygens (including phenoxy) is 1. The number of fused-ring (bicyclic) bond motifs is 1. The summed E-state index contributed by atoms with van der Waals surface area (Å²) in [4.78, 5) is 12.2. The zero-order valence-corrected chi connectivity index (χ0v) is 13.3. The van der Waals surface area contributed by atoms with E-state index in [0.717, 1.165) is 5.56 Å². The van der Waals surface area contributed by atoms with E-state index in [1.807, 2.05) is 0 Å². The van der Waals surface area contributed by atoms with Gasteiger partial charge >= 0.3 is 5.97 Å². The van der Waals surface area contributed by atoms with Gasteiger partial charge in [0.25, 0.3) is 0 Å². The van der Waals surface area contributed by atoms with Gasteiger partial charge in [0, 0.05) is 5.70 Å². The number of esters is 1. The highest BCUT2D eigenvalue weighted by molar-refractivity contribution is 9.10. The number of hydrogen-bond acceptors (Lipinski definition) is 7. The molecule has 0 amide bonds. The van der Waals surface area contributed by atoms with Crippen molar-refractivity contribution < 1.29 is 14.6 Å². The van der Waals surface area contributed by atoms with Crippen molar-refractivity contribution in [3.8, 4) is 5.75 Å². The highest BCUT2D eigenvalue weighted by Gasteiger charge is 2.34. The predicted molar refractivity (Wildman–Crippen MR) is 80.1 cm³/mol. The largest absolute Gasteiger partial charge is 0.507 e. The van der Waals surface area contributed by atoms with Gasteiger partial charge in [-0.25, -0.2) is 4.79 Å². The molecular formula is C13H12BrN5O3. The highest BCUT2D eigenvalue weighted by atomic mass is 79.9. The van der Waals surface area contributed by atoms with Crippen molar-refractivity contribution in [2.45, 2.75) is 13.0 Å². The molecule has 22 heavy (non-hydrogen) atoms. The minimum absolute atomic E-state index is 0.106. The Labute approximate surface area is 133 Å². The first kappa shape index (κ1) is 14.5. The minimum atomic E-state index is -0.546. The van der Waals surface area contributed by atoms with E-state index >= 15 is 0 Å². The van der Waals surface area contributed by atoms with Crippen LogP contribution in [0.4, 0.5) is 5.95 Å². The number of carbonyl (C=O) groups excluding carboxylic acids is 1. The van der Waals surface area contributed by atoms with Gasteiger partial charge in [-0.1, -0.05) is 11.2 Å². The third-order valence-electron chi connectivity index (χ3n) is 3.41. The maximum Gasteiger partial charge on any atom is 0.338 e. The molecule has 0 radical (unpaired) electrons. The number of benzene rings is 1. The number of anilines is 1. The van der Waals surface area contributed by atoms with E-state index in [9.17, 15) is 9.90 Å². The average molecular weight is 366 g/mol. The third kappa shape index (κ3) is 2.23. The van der Waals surface area contributed by atoms with Crippen LogP contribution >= 0.6 is 15.9 Å². The van der Waals surface area contributed by atoms with E-state index in [1.54, 1.807) is 19.1 Å². The van der Waals surface area contributed by atoms with Gasteiger partial charge in [0.1, 0.15) is 11.8 Å². The Morgan fingerprint density at radius 2 is 2.27 bits per heavy atom. The number of tetrazole rings is 1. The molecule has 0 saturated carbocycles. The summed E-state index contributed by atoms with van der Waals surface area (Å²) in [6, 6.07) is 4.41. The first-order valence-corrected chi connectivity index (χ1v) is 7.14. The number of carbonyl (C=O) groups is 1. The van der Waals surface area contributed by atoms with Crippen molar-refractivity contribution in [3.63, 3.8) is 0 Å². The normalized spacial score (nSPS) is 17.0. The van der Waals surface area contributed by atoms with Gasteiger partial charge in [0.05, 0.1) is 17.2 Å². The molecule has 2 N–H and O–H groups in total. The van der Waals surface area contributed by atoms with E-state index in [0.29, 0.717) is 21.7 Å². The lowest BCUT2D eigenvalue weighted by atomic mass is 9.96. The van der Waals surface area contributed by atoms with Crippen molar-refractivity contribution in [1.82, 2.24) is 20.2 Å². The summed E-state index contributed by atoms with van der Waals surface area (Å²) >= 11 is 3.27. The molecule has 0 aliphatic carbocycles. The van der Waals surface area contributed by atoms with Crippen LogP contribution in [0.3, 0.4) is 0 Å². The average Bonchev–Trinajstić information content (AvgIpc) is 2.95. The molecule has 1 atom stereocenters. The molecule has 114 valence electrons. The Kier molecular flexibility index (Phi) is 3.57. The summed E-state index contributed by atoms with van der Waals surface area (Å²) in [6.07, 6.45) is 0. The standard InChI is InChI=1S/C13H12BrN5O3/c1-6-10(12(21)22-2)11(19-13(15-6)16-17-18-19)7-3-4-9(20)8(14)5-7/h3-5,11,20H,1-2H3,(H,15,16,18)/t11-/m1/s1. The summed E-state index contributed by atoms with van der Waals surface area (Å²) in [7, 11) is 1.32. The fourth-order valence-electron chi connectivity index (χ4n) is 2.39. The number of allylic oxidation sites excluding steroid dienone is 1. The molecule has 0 bridgehead atoms.